The summed E-state index contributed by atoms with van der Waals surface area (Å²) in [4.78, 5) is 0. The molecule has 6 heteroatoms. The van der Waals surface area contributed by atoms with Crippen LogP contribution in [-0.4, -0.2) is 44.6 Å². The number of aromatic hydroxyl groups is 1. The van der Waals surface area contributed by atoms with Crippen LogP contribution in [0.1, 0.15) is 24.4 Å². The SMILES string of the molecule is COc1ccccc1C(NCC1COc2cccc(O)c2O1)C1CCNCC1. The molecule has 0 aliphatic carbocycles. The number of fused-ring (bicyclic) bond motifs is 1. The number of methoxy groups -OCH3 is 1. The summed E-state index contributed by atoms with van der Waals surface area (Å²) in [6.45, 7) is 3.14. The van der Waals surface area contributed by atoms with Crippen molar-refractivity contribution >= 4 is 0 Å². The summed E-state index contributed by atoms with van der Waals surface area (Å²) in [5.41, 5.74) is 1.18. The standard InChI is InChI=1S/C22H28N2O4/c1-26-19-7-3-2-5-17(19)21(15-9-11-23-12-10-15)24-13-16-14-27-20-8-4-6-18(25)22(20)28-16/h2-8,15-16,21,23-25H,9-14H2,1H3. The zero-order valence-corrected chi connectivity index (χ0v) is 16.2. The van der Waals surface area contributed by atoms with Gasteiger partial charge in [0.05, 0.1) is 7.11 Å². The van der Waals surface area contributed by atoms with Crippen molar-refractivity contribution in [2.24, 2.45) is 5.92 Å². The van der Waals surface area contributed by atoms with Gasteiger partial charge in [-0.3, -0.25) is 0 Å². The first kappa shape index (κ1) is 18.9. The van der Waals surface area contributed by atoms with Gasteiger partial charge in [-0.1, -0.05) is 24.3 Å². The van der Waals surface area contributed by atoms with Crippen molar-refractivity contribution in [3.63, 3.8) is 0 Å². The molecule has 2 atom stereocenters. The number of rotatable bonds is 6. The molecule has 150 valence electrons. The van der Waals surface area contributed by atoms with Crippen LogP contribution in [0.3, 0.4) is 0 Å². The Hall–Kier alpha value is -2.44. The van der Waals surface area contributed by atoms with Crippen molar-refractivity contribution in [3.05, 3.63) is 48.0 Å². The highest BCUT2D eigenvalue weighted by Crippen LogP contribution is 2.39. The Morgan fingerprint density at radius 2 is 2.00 bits per heavy atom. The van der Waals surface area contributed by atoms with Gasteiger partial charge in [-0.2, -0.15) is 0 Å². The van der Waals surface area contributed by atoms with Crippen LogP contribution in [0.2, 0.25) is 0 Å². The van der Waals surface area contributed by atoms with Crippen molar-refractivity contribution in [2.75, 3.05) is 33.4 Å². The Balaban J connectivity index is 1.49. The molecule has 2 aromatic rings. The second-order valence-corrected chi connectivity index (χ2v) is 7.37. The third-order valence-electron chi connectivity index (χ3n) is 5.56. The molecule has 0 saturated carbocycles. The van der Waals surface area contributed by atoms with Crippen molar-refractivity contribution in [2.45, 2.75) is 25.0 Å². The number of hydrogen-bond acceptors (Lipinski definition) is 6. The summed E-state index contributed by atoms with van der Waals surface area (Å²) in [7, 11) is 1.72. The quantitative estimate of drug-likeness (QED) is 0.711. The largest absolute Gasteiger partial charge is 0.504 e. The lowest BCUT2D eigenvalue weighted by Crippen LogP contribution is -2.43. The summed E-state index contributed by atoms with van der Waals surface area (Å²) in [5, 5.41) is 17.2. The molecule has 28 heavy (non-hydrogen) atoms. The van der Waals surface area contributed by atoms with E-state index in [1.54, 1.807) is 19.2 Å². The van der Waals surface area contributed by atoms with Crippen LogP contribution in [0.25, 0.3) is 0 Å². The van der Waals surface area contributed by atoms with Crippen molar-refractivity contribution in [1.82, 2.24) is 10.6 Å². The van der Waals surface area contributed by atoms with Crippen LogP contribution < -0.4 is 24.8 Å². The maximum absolute atomic E-state index is 10.1. The van der Waals surface area contributed by atoms with E-state index in [2.05, 4.69) is 22.8 Å². The Kier molecular flexibility index (Phi) is 5.88. The van der Waals surface area contributed by atoms with E-state index in [9.17, 15) is 5.11 Å². The topological polar surface area (TPSA) is 72.0 Å². The number of phenolic OH excluding ortho intramolecular Hbond substituents is 1. The molecule has 1 fully saturated rings. The van der Waals surface area contributed by atoms with E-state index in [1.807, 2.05) is 18.2 Å². The zero-order valence-electron chi connectivity index (χ0n) is 16.2. The molecule has 2 aromatic carbocycles. The Labute approximate surface area is 165 Å². The zero-order chi connectivity index (χ0) is 19.3. The fourth-order valence-electron chi connectivity index (χ4n) is 4.11. The predicted octanol–water partition coefficient (Wildman–Crippen LogP) is 2.87. The normalized spacial score (nSPS) is 20.5. The van der Waals surface area contributed by atoms with Crippen molar-refractivity contribution < 1.29 is 19.3 Å². The van der Waals surface area contributed by atoms with Crippen LogP contribution in [0.5, 0.6) is 23.0 Å². The van der Waals surface area contributed by atoms with Gasteiger partial charge in [0.25, 0.3) is 0 Å². The Morgan fingerprint density at radius 1 is 1.18 bits per heavy atom. The summed E-state index contributed by atoms with van der Waals surface area (Å²) in [6, 6.07) is 13.6. The van der Waals surface area contributed by atoms with Gasteiger partial charge in [0.1, 0.15) is 18.5 Å². The first-order valence-electron chi connectivity index (χ1n) is 9.94. The molecule has 2 aliphatic heterocycles. The molecular formula is C22H28N2O4. The third-order valence-corrected chi connectivity index (χ3v) is 5.56. The molecule has 0 amide bonds. The fraction of sp³-hybridized carbons (Fsp3) is 0.455. The van der Waals surface area contributed by atoms with E-state index in [0.717, 1.165) is 31.7 Å². The van der Waals surface area contributed by atoms with Crippen LogP contribution >= 0.6 is 0 Å². The molecule has 0 bridgehead atoms. The molecule has 0 spiro atoms. The maximum atomic E-state index is 10.1. The van der Waals surface area contributed by atoms with Gasteiger partial charge >= 0.3 is 0 Å². The number of piperidine rings is 1. The van der Waals surface area contributed by atoms with Crippen LogP contribution in [0.4, 0.5) is 0 Å². The van der Waals surface area contributed by atoms with E-state index in [4.69, 9.17) is 14.2 Å². The summed E-state index contributed by atoms with van der Waals surface area (Å²) < 4.78 is 17.4. The molecule has 0 aromatic heterocycles. The second kappa shape index (κ2) is 8.71. The minimum absolute atomic E-state index is 0.113. The molecule has 1 saturated heterocycles. The minimum Gasteiger partial charge on any atom is -0.504 e. The van der Waals surface area contributed by atoms with Gasteiger partial charge in [-0.15, -0.1) is 0 Å². The Bertz CT molecular complexity index is 792. The van der Waals surface area contributed by atoms with E-state index < -0.39 is 0 Å². The molecule has 2 aliphatic rings. The van der Waals surface area contributed by atoms with Gasteiger partial charge in [-0.25, -0.2) is 0 Å². The predicted molar refractivity (Wildman–Crippen MR) is 107 cm³/mol. The second-order valence-electron chi connectivity index (χ2n) is 7.37. The van der Waals surface area contributed by atoms with E-state index in [-0.39, 0.29) is 17.9 Å². The molecule has 3 N–H and O–H groups in total. The molecule has 0 radical (unpaired) electrons. The highest BCUT2D eigenvalue weighted by molar-refractivity contribution is 5.51. The number of phenols is 1. The van der Waals surface area contributed by atoms with Gasteiger partial charge < -0.3 is 30.0 Å². The first-order valence-corrected chi connectivity index (χ1v) is 9.94. The van der Waals surface area contributed by atoms with Crippen molar-refractivity contribution in [3.8, 4) is 23.0 Å². The van der Waals surface area contributed by atoms with E-state index >= 15 is 0 Å². The summed E-state index contributed by atoms with van der Waals surface area (Å²) >= 11 is 0. The molecule has 2 unspecified atom stereocenters. The number of nitrogens with one attached hydrogen (secondary N) is 2. The average Bonchev–Trinajstić information content (AvgIpc) is 2.75. The average molecular weight is 384 g/mol. The lowest BCUT2D eigenvalue weighted by atomic mass is 9.85. The molecule has 6 nitrogen and oxygen atoms in total. The molecule has 4 rings (SSSR count). The number of hydrogen-bond donors (Lipinski definition) is 3. The molecule has 2 heterocycles. The monoisotopic (exact) mass is 384 g/mol. The van der Waals surface area contributed by atoms with Gasteiger partial charge in [0.15, 0.2) is 11.5 Å². The highest BCUT2D eigenvalue weighted by Gasteiger charge is 2.29. The summed E-state index contributed by atoms with van der Waals surface area (Å²) in [5.74, 6) is 2.55. The fourth-order valence-corrected chi connectivity index (χ4v) is 4.11. The number of benzene rings is 2. The maximum Gasteiger partial charge on any atom is 0.203 e. The number of ether oxygens (including phenoxy) is 3. The number of para-hydroxylation sites is 2. The van der Waals surface area contributed by atoms with Gasteiger partial charge in [0, 0.05) is 18.2 Å². The van der Waals surface area contributed by atoms with Gasteiger partial charge in [-0.05, 0) is 50.0 Å². The first-order chi connectivity index (χ1) is 13.8. The third kappa shape index (κ3) is 4.03. The van der Waals surface area contributed by atoms with Gasteiger partial charge in [0.2, 0.25) is 5.75 Å². The lowest BCUT2D eigenvalue weighted by Gasteiger charge is -2.34. The van der Waals surface area contributed by atoms with E-state index in [1.165, 1.54) is 5.56 Å². The van der Waals surface area contributed by atoms with Crippen molar-refractivity contribution in [1.29, 1.82) is 0 Å². The van der Waals surface area contributed by atoms with E-state index in [0.29, 0.717) is 30.6 Å². The molecular weight excluding hydrogens is 356 g/mol. The lowest BCUT2D eigenvalue weighted by molar-refractivity contribution is 0.0813. The summed E-state index contributed by atoms with van der Waals surface area (Å²) in [6.07, 6.45) is 2.06. The van der Waals surface area contributed by atoms with Crippen LogP contribution in [-0.2, 0) is 0 Å². The Morgan fingerprint density at radius 3 is 2.82 bits per heavy atom. The van der Waals surface area contributed by atoms with Crippen LogP contribution in [0, 0.1) is 5.92 Å². The smallest absolute Gasteiger partial charge is 0.203 e. The minimum atomic E-state index is -0.167. The highest BCUT2D eigenvalue weighted by atomic mass is 16.6. The van der Waals surface area contributed by atoms with Crippen LogP contribution in [0.15, 0.2) is 42.5 Å².